The van der Waals surface area contributed by atoms with Gasteiger partial charge in [-0.15, -0.1) is 0 Å². The number of hydrogen-bond acceptors (Lipinski definition) is 2. The summed E-state index contributed by atoms with van der Waals surface area (Å²) in [4.78, 5) is 4.55. The van der Waals surface area contributed by atoms with Crippen LogP contribution in [0.1, 0.15) is 39.1 Å². The Hall–Kier alpha value is -5.48. The van der Waals surface area contributed by atoms with Crippen LogP contribution in [0.25, 0.3) is 22.3 Å². The van der Waals surface area contributed by atoms with E-state index < -0.39 is 11.0 Å². The largest absolute Gasteiger partial charge is 0.319 e. The Bertz CT molecular complexity index is 1860. The first-order valence-corrected chi connectivity index (χ1v) is 14.3. The van der Waals surface area contributed by atoms with Gasteiger partial charge in [-0.2, -0.15) is 5.10 Å². The van der Waals surface area contributed by atoms with Gasteiger partial charge >= 0.3 is 0 Å². The Kier molecular flexibility index (Phi) is 4.71. The summed E-state index contributed by atoms with van der Waals surface area (Å²) in [6.45, 7) is 0. The number of rotatable bonds is 4. The first kappa shape index (κ1) is 23.2. The summed E-state index contributed by atoms with van der Waals surface area (Å²) >= 11 is 0. The van der Waals surface area contributed by atoms with Gasteiger partial charge in [0, 0.05) is 18.6 Å². The highest BCUT2D eigenvalue weighted by Gasteiger charge is 2.50. The maximum atomic E-state index is 4.87. The van der Waals surface area contributed by atoms with Crippen molar-refractivity contribution >= 4 is 0 Å². The molecular formula is C38H26N4. The van der Waals surface area contributed by atoms with Crippen LogP contribution in [-0.4, -0.2) is 19.7 Å². The second-order valence-corrected chi connectivity index (χ2v) is 11.2. The predicted octanol–water partition coefficient (Wildman–Crippen LogP) is 7.79. The number of fused-ring (bicyclic) bond motifs is 6. The molecule has 2 aliphatic rings. The van der Waals surface area contributed by atoms with Crippen molar-refractivity contribution in [2.24, 2.45) is 0 Å². The van der Waals surface area contributed by atoms with Crippen molar-refractivity contribution in [3.05, 3.63) is 191 Å². The van der Waals surface area contributed by atoms with E-state index in [1.807, 2.05) is 18.7 Å². The molecule has 198 valence electrons. The van der Waals surface area contributed by atoms with Crippen LogP contribution in [0.5, 0.6) is 0 Å². The smallest absolute Gasteiger partial charge is 0.122 e. The standard InChI is InChI=1S/C38H26N4/c1-5-16-32-28(12-1)29-13-2-6-17-33(29)37(32,36-20-21-40-41-36)26-10-9-11-27(24-26)38(42-23-22-39-25-42)34-18-7-3-14-30(34)31-15-4-8-19-35(31)38/h1-25H,(H,40,41). The van der Waals surface area contributed by atoms with Crippen molar-refractivity contribution in [3.63, 3.8) is 0 Å². The molecule has 0 amide bonds. The molecule has 2 heterocycles. The van der Waals surface area contributed by atoms with Crippen LogP contribution in [0.15, 0.2) is 152 Å². The third-order valence-electron chi connectivity index (χ3n) is 9.37. The SMILES string of the molecule is c1cc(C2(c3cc[nH]n3)c3ccccc3-c3ccccc32)cc(C2(n3ccnc3)c3ccccc3-c3ccccc32)c1. The van der Waals surface area contributed by atoms with Gasteiger partial charge in [-0.1, -0.05) is 121 Å². The van der Waals surface area contributed by atoms with Crippen molar-refractivity contribution in [3.8, 4) is 22.3 Å². The summed E-state index contributed by atoms with van der Waals surface area (Å²) < 4.78 is 2.27. The van der Waals surface area contributed by atoms with Crippen LogP contribution < -0.4 is 0 Å². The average molecular weight is 539 g/mol. The van der Waals surface area contributed by atoms with E-state index in [1.54, 1.807) is 0 Å². The van der Waals surface area contributed by atoms with Crippen molar-refractivity contribution in [2.45, 2.75) is 11.0 Å². The number of nitrogens with one attached hydrogen (secondary N) is 1. The quantitative estimate of drug-likeness (QED) is 0.249. The van der Waals surface area contributed by atoms with E-state index in [4.69, 9.17) is 5.10 Å². The summed E-state index contributed by atoms with van der Waals surface area (Å²) in [7, 11) is 0. The molecule has 0 unspecified atom stereocenters. The summed E-state index contributed by atoms with van der Waals surface area (Å²) in [6.07, 6.45) is 7.86. The molecule has 0 spiro atoms. The first-order chi connectivity index (χ1) is 20.8. The predicted molar refractivity (Wildman–Crippen MR) is 165 cm³/mol. The third-order valence-corrected chi connectivity index (χ3v) is 9.37. The highest BCUT2D eigenvalue weighted by molar-refractivity contribution is 5.87. The molecule has 0 fully saturated rings. The van der Waals surface area contributed by atoms with Crippen molar-refractivity contribution in [1.82, 2.24) is 19.7 Å². The van der Waals surface area contributed by atoms with E-state index in [0.717, 1.165) is 5.69 Å². The molecule has 2 aliphatic carbocycles. The topological polar surface area (TPSA) is 46.5 Å². The monoisotopic (exact) mass is 538 g/mol. The number of hydrogen-bond donors (Lipinski definition) is 1. The Morgan fingerprint density at radius 2 is 1.10 bits per heavy atom. The van der Waals surface area contributed by atoms with Crippen molar-refractivity contribution in [1.29, 1.82) is 0 Å². The molecule has 9 rings (SSSR count). The number of nitrogens with zero attached hydrogens (tertiary/aromatic N) is 3. The Morgan fingerprint density at radius 1 is 0.548 bits per heavy atom. The van der Waals surface area contributed by atoms with Gasteiger partial charge in [0.2, 0.25) is 0 Å². The fraction of sp³-hybridized carbons (Fsp3) is 0.0526. The van der Waals surface area contributed by atoms with Gasteiger partial charge in [0.1, 0.15) is 5.54 Å². The molecule has 0 bridgehead atoms. The van der Waals surface area contributed by atoms with Crippen LogP contribution in [0, 0.1) is 0 Å². The van der Waals surface area contributed by atoms with Gasteiger partial charge in [-0.05, 0) is 61.7 Å². The maximum absolute atomic E-state index is 4.87. The molecule has 0 radical (unpaired) electrons. The van der Waals surface area contributed by atoms with Gasteiger partial charge in [0.15, 0.2) is 0 Å². The normalized spacial score (nSPS) is 15.0. The molecular weight excluding hydrogens is 512 g/mol. The second kappa shape index (κ2) is 8.51. The molecule has 42 heavy (non-hydrogen) atoms. The Labute approximate surface area is 244 Å². The number of benzene rings is 5. The molecule has 5 aromatic carbocycles. The number of aromatic nitrogens is 4. The highest BCUT2D eigenvalue weighted by atomic mass is 15.1. The molecule has 0 atom stereocenters. The zero-order valence-electron chi connectivity index (χ0n) is 22.8. The van der Waals surface area contributed by atoms with Gasteiger partial charge in [0.25, 0.3) is 0 Å². The zero-order chi connectivity index (χ0) is 27.7. The highest BCUT2D eigenvalue weighted by Crippen LogP contribution is 2.57. The lowest BCUT2D eigenvalue weighted by atomic mass is 9.68. The van der Waals surface area contributed by atoms with Crippen LogP contribution >= 0.6 is 0 Å². The first-order valence-electron chi connectivity index (χ1n) is 14.3. The number of aromatic amines is 1. The summed E-state index contributed by atoms with van der Waals surface area (Å²) in [6, 6.07) is 46.4. The van der Waals surface area contributed by atoms with E-state index in [-0.39, 0.29) is 0 Å². The lowest BCUT2D eigenvalue weighted by Gasteiger charge is -2.37. The number of imidazole rings is 1. The van der Waals surface area contributed by atoms with E-state index in [1.165, 1.54) is 55.6 Å². The molecule has 2 aromatic heterocycles. The Balaban J connectivity index is 1.40. The van der Waals surface area contributed by atoms with Crippen LogP contribution in [0.3, 0.4) is 0 Å². The molecule has 0 saturated carbocycles. The minimum atomic E-state index is -0.579. The fourth-order valence-corrected chi connectivity index (χ4v) is 7.82. The van der Waals surface area contributed by atoms with Gasteiger partial charge in [-0.3, -0.25) is 5.10 Å². The van der Waals surface area contributed by atoms with Crippen LogP contribution in [0.4, 0.5) is 0 Å². The molecule has 0 saturated heterocycles. The minimum Gasteiger partial charge on any atom is -0.319 e. The third kappa shape index (κ3) is 2.76. The average Bonchev–Trinajstić information content (AvgIpc) is 3.86. The van der Waals surface area contributed by atoms with Crippen LogP contribution in [0.2, 0.25) is 0 Å². The Morgan fingerprint density at radius 3 is 1.64 bits per heavy atom. The van der Waals surface area contributed by atoms with Crippen molar-refractivity contribution in [2.75, 3.05) is 0 Å². The van der Waals surface area contributed by atoms with Crippen LogP contribution in [-0.2, 0) is 11.0 Å². The molecule has 0 aliphatic heterocycles. The summed E-state index contributed by atoms with van der Waals surface area (Å²) in [5, 5.41) is 8.00. The molecule has 7 aromatic rings. The maximum Gasteiger partial charge on any atom is 0.122 e. The molecule has 4 heteroatoms. The minimum absolute atomic E-state index is 0.572. The van der Waals surface area contributed by atoms with Gasteiger partial charge in [0.05, 0.1) is 17.4 Å². The summed E-state index contributed by atoms with van der Waals surface area (Å²) in [5.41, 5.74) is 12.2. The van der Waals surface area contributed by atoms with Gasteiger partial charge in [-0.25, -0.2) is 4.98 Å². The lowest BCUT2D eigenvalue weighted by Crippen LogP contribution is -2.36. The lowest BCUT2D eigenvalue weighted by molar-refractivity contribution is 0.525. The summed E-state index contributed by atoms with van der Waals surface area (Å²) in [5.74, 6) is 0. The van der Waals surface area contributed by atoms with E-state index in [0.29, 0.717) is 0 Å². The molecule has 4 nitrogen and oxygen atoms in total. The zero-order valence-corrected chi connectivity index (χ0v) is 22.8. The van der Waals surface area contributed by atoms with E-state index >= 15 is 0 Å². The second-order valence-electron chi connectivity index (χ2n) is 11.2. The van der Waals surface area contributed by atoms with Gasteiger partial charge < -0.3 is 4.57 Å². The fourth-order valence-electron chi connectivity index (χ4n) is 7.82. The van der Waals surface area contributed by atoms with E-state index in [9.17, 15) is 0 Å². The number of H-pyrrole nitrogens is 1. The molecule has 1 N–H and O–H groups in total. The van der Waals surface area contributed by atoms with Crippen molar-refractivity contribution < 1.29 is 0 Å². The van der Waals surface area contributed by atoms with E-state index in [2.05, 4.69) is 148 Å².